The van der Waals surface area contributed by atoms with Crippen LogP contribution < -0.4 is 5.32 Å². The highest BCUT2D eigenvalue weighted by Crippen LogP contribution is 2.33. The minimum atomic E-state index is -1.25. The van der Waals surface area contributed by atoms with Crippen molar-refractivity contribution in [3.05, 3.63) is 52.9 Å². The van der Waals surface area contributed by atoms with Gasteiger partial charge in [0.25, 0.3) is 0 Å². The third-order valence-corrected chi connectivity index (χ3v) is 3.93. The fraction of sp³-hybridized carbons (Fsp3) is 0.0667. The second kappa shape index (κ2) is 6.01. The predicted molar refractivity (Wildman–Crippen MR) is 83.9 cm³/mol. The number of amides is 1. The van der Waals surface area contributed by atoms with Crippen molar-refractivity contribution in [3.63, 3.8) is 0 Å². The van der Waals surface area contributed by atoms with Crippen LogP contribution in [-0.2, 0) is 0 Å². The Hall–Kier alpha value is -3.00. The van der Waals surface area contributed by atoms with Gasteiger partial charge < -0.3 is 9.52 Å². The van der Waals surface area contributed by atoms with E-state index in [-0.39, 0.29) is 10.9 Å². The molecule has 0 bridgehead atoms. The molecule has 3 aromatic heterocycles. The van der Waals surface area contributed by atoms with Crippen LogP contribution in [0.25, 0.3) is 11.5 Å². The SMILES string of the molecule is Cc1cc(C(=O)c2sc(NC(=O)O)nc2-c2ccco2)ccn1. The van der Waals surface area contributed by atoms with Crippen LogP contribution in [0.4, 0.5) is 9.93 Å². The summed E-state index contributed by atoms with van der Waals surface area (Å²) in [5.74, 6) is 0.131. The molecule has 23 heavy (non-hydrogen) atoms. The summed E-state index contributed by atoms with van der Waals surface area (Å²) < 4.78 is 5.29. The second-order valence-electron chi connectivity index (χ2n) is 4.62. The summed E-state index contributed by atoms with van der Waals surface area (Å²) in [6, 6.07) is 6.60. The van der Waals surface area contributed by atoms with E-state index < -0.39 is 6.09 Å². The topological polar surface area (TPSA) is 105 Å². The number of hydrogen-bond acceptors (Lipinski definition) is 6. The van der Waals surface area contributed by atoms with Crippen molar-refractivity contribution in [1.82, 2.24) is 9.97 Å². The minimum absolute atomic E-state index is 0.109. The lowest BCUT2D eigenvalue weighted by molar-refractivity contribution is 0.104. The molecule has 0 radical (unpaired) electrons. The molecule has 0 spiro atoms. The van der Waals surface area contributed by atoms with Gasteiger partial charge in [0.2, 0.25) is 5.78 Å². The number of anilines is 1. The van der Waals surface area contributed by atoms with Crippen LogP contribution >= 0.6 is 11.3 Å². The van der Waals surface area contributed by atoms with Gasteiger partial charge in [-0.25, -0.2) is 9.78 Å². The zero-order chi connectivity index (χ0) is 16.4. The van der Waals surface area contributed by atoms with E-state index in [2.05, 4.69) is 15.3 Å². The number of carbonyl (C=O) groups excluding carboxylic acids is 1. The van der Waals surface area contributed by atoms with Gasteiger partial charge in [0.1, 0.15) is 10.6 Å². The molecule has 0 aromatic carbocycles. The number of hydrogen-bond donors (Lipinski definition) is 2. The summed E-state index contributed by atoms with van der Waals surface area (Å²) in [5, 5.41) is 11.1. The van der Waals surface area contributed by atoms with Gasteiger partial charge in [-0.2, -0.15) is 0 Å². The predicted octanol–water partition coefficient (Wildman–Crippen LogP) is 3.43. The maximum Gasteiger partial charge on any atom is 0.410 e. The van der Waals surface area contributed by atoms with Crippen molar-refractivity contribution in [3.8, 4) is 11.5 Å². The van der Waals surface area contributed by atoms with Crippen molar-refractivity contribution in [2.75, 3.05) is 5.32 Å². The molecule has 3 heterocycles. The standard InChI is InChI=1S/C15H11N3O4S/c1-8-7-9(4-5-16-8)12(19)13-11(10-3-2-6-22-10)17-14(23-13)18-15(20)21/h2-7H,1H3,(H,17,18)(H,20,21). The van der Waals surface area contributed by atoms with E-state index in [1.165, 1.54) is 6.26 Å². The first-order chi connectivity index (χ1) is 11.0. The Bertz CT molecular complexity index is 871. The van der Waals surface area contributed by atoms with Gasteiger partial charge in [-0.1, -0.05) is 11.3 Å². The highest BCUT2D eigenvalue weighted by Gasteiger charge is 2.23. The summed E-state index contributed by atoms with van der Waals surface area (Å²) in [6.45, 7) is 1.79. The largest absolute Gasteiger partial charge is 0.465 e. The number of furan rings is 1. The highest BCUT2D eigenvalue weighted by molar-refractivity contribution is 7.18. The van der Waals surface area contributed by atoms with Gasteiger partial charge in [-0.3, -0.25) is 15.1 Å². The molecule has 8 heteroatoms. The quantitative estimate of drug-likeness (QED) is 0.710. The maximum atomic E-state index is 12.7. The van der Waals surface area contributed by atoms with Crippen molar-refractivity contribution in [2.24, 2.45) is 0 Å². The molecule has 2 N–H and O–H groups in total. The Morgan fingerprint density at radius 3 is 2.83 bits per heavy atom. The van der Waals surface area contributed by atoms with E-state index in [0.29, 0.717) is 27.6 Å². The Kier molecular flexibility index (Phi) is 3.90. The van der Waals surface area contributed by atoms with Gasteiger partial charge in [0.05, 0.1) is 6.26 Å². The van der Waals surface area contributed by atoms with E-state index in [1.54, 1.807) is 37.4 Å². The molecular weight excluding hydrogens is 318 g/mol. The molecule has 0 saturated carbocycles. The fourth-order valence-electron chi connectivity index (χ4n) is 2.02. The number of carbonyl (C=O) groups is 2. The lowest BCUT2D eigenvalue weighted by Gasteiger charge is -2.01. The zero-order valence-electron chi connectivity index (χ0n) is 11.9. The summed E-state index contributed by atoms with van der Waals surface area (Å²) in [7, 11) is 0. The molecular formula is C15H11N3O4S. The summed E-state index contributed by atoms with van der Waals surface area (Å²) in [5.41, 5.74) is 1.47. The van der Waals surface area contributed by atoms with Crippen LogP contribution in [0, 0.1) is 6.92 Å². The molecule has 1 amide bonds. The number of aromatic nitrogens is 2. The van der Waals surface area contributed by atoms with E-state index in [0.717, 1.165) is 11.3 Å². The molecule has 0 unspecified atom stereocenters. The van der Waals surface area contributed by atoms with Crippen LogP contribution in [0.2, 0.25) is 0 Å². The fourth-order valence-corrected chi connectivity index (χ4v) is 2.94. The molecule has 3 aromatic rings. The number of aryl methyl sites for hydroxylation is 1. The van der Waals surface area contributed by atoms with Gasteiger partial charge in [-0.05, 0) is 31.2 Å². The van der Waals surface area contributed by atoms with Crippen LogP contribution in [0.3, 0.4) is 0 Å². The van der Waals surface area contributed by atoms with Crippen LogP contribution in [0.15, 0.2) is 41.1 Å². The number of rotatable bonds is 4. The molecule has 0 saturated heterocycles. The molecule has 0 aliphatic rings. The Balaban J connectivity index is 2.08. The van der Waals surface area contributed by atoms with E-state index in [9.17, 15) is 9.59 Å². The summed E-state index contributed by atoms with van der Waals surface area (Å²) in [6.07, 6.45) is 1.76. The maximum absolute atomic E-state index is 12.7. The van der Waals surface area contributed by atoms with Gasteiger partial charge >= 0.3 is 6.09 Å². The lowest BCUT2D eigenvalue weighted by Crippen LogP contribution is -2.06. The van der Waals surface area contributed by atoms with E-state index >= 15 is 0 Å². The number of nitrogens with zero attached hydrogens (tertiary/aromatic N) is 2. The van der Waals surface area contributed by atoms with Crippen molar-refractivity contribution >= 4 is 28.3 Å². The van der Waals surface area contributed by atoms with Crippen molar-refractivity contribution in [1.29, 1.82) is 0 Å². The first kappa shape index (κ1) is 14.9. The van der Waals surface area contributed by atoms with Crippen LogP contribution in [0.1, 0.15) is 20.9 Å². The van der Waals surface area contributed by atoms with Crippen molar-refractivity contribution < 1.29 is 19.1 Å². The number of nitrogens with one attached hydrogen (secondary N) is 1. The summed E-state index contributed by atoms with van der Waals surface area (Å²) >= 11 is 0.962. The molecule has 0 fully saturated rings. The number of ketones is 1. The first-order valence-corrected chi connectivity index (χ1v) is 7.38. The monoisotopic (exact) mass is 329 g/mol. The molecule has 116 valence electrons. The molecule has 0 aliphatic carbocycles. The Morgan fingerprint density at radius 1 is 1.35 bits per heavy atom. The van der Waals surface area contributed by atoms with Gasteiger partial charge in [0, 0.05) is 17.5 Å². The smallest absolute Gasteiger partial charge is 0.410 e. The van der Waals surface area contributed by atoms with Crippen molar-refractivity contribution in [2.45, 2.75) is 6.92 Å². The molecule has 0 atom stereocenters. The van der Waals surface area contributed by atoms with Gasteiger partial charge in [0.15, 0.2) is 10.9 Å². The molecule has 7 nitrogen and oxygen atoms in total. The van der Waals surface area contributed by atoms with Crippen LogP contribution in [-0.4, -0.2) is 27.0 Å². The Morgan fingerprint density at radius 2 is 2.17 bits per heavy atom. The average Bonchev–Trinajstić information content (AvgIpc) is 3.14. The number of carboxylic acid groups (broad SMARTS) is 1. The second-order valence-corrected chi connectivity index (χ2v) is 5.62. The van der Waals surface area contributed by atoms with Crippen LogP contribution in [0.5, 0.6) is 0 Å². The third kappa shape index (κ3) is 3.11. The highest BCUT2D eigenvalue weighted by atomic mass is 32.1. The number of pyridine rings is 1. The molecule has 3 rings (SSSR count). The Labute approximate surface area is 134 Å². The average molecular weight is 329 g/mol. The number of thiazole rings is 1. The normalized spacial score (nSPS) is 10.5. The third-order valence-electron chi connectivity index (χ3n) is 2.96. The van der Waals surface area contributed by atoms with Gasteiger partial charge in [-0.15, -0.1) is 0 Å². The summed E-state index contributed by atoms with van der Waals surface area (Å²) in [4.78, 5) is 32.1. The lowest BCUT2D eigenvalue weighted by atomic mass is 10.1. The molecule has 0 aliphatic heterocycles. The van der Waals surface area contributed by atoms with E-state index in [4.69, 9.17) is 9.52 Å². The van der Waals surface area contributed by atoms with E-state index in [1.807, 2.05) is 0 Å². The minimum Gasteiger partial charge on any atom is -0.465 e. The first-order valence-electron chi connectivity index (χ1n) is 6.56. The zero-order valence-corrected chi connectivity index (χ0v) is 12.8.